The number of amides is 1. The maximum absolute atomic E-state index is 12.6. The van der Waals surface area contributed by atoms with Crippen LogP contribution in [0.1, 0.15) is 16.1 Å². The molecule has 1 amide bonds. The maximum Gasteiger partial charge on any atom is 0.326 e. The van der Waals surface area contributed by atoms with E-state index >= 15 is 0 Å². The Labute approximate surface area is 161 Å². The Kier molecular flexibility index (Phi) is 4.72. The van der Waals surface area contributed by atoms with Gasteiger partial charge in [0.05, 0.1) is 5.52 Å². The number of para-hydroxylation sites is 1. The topological polar surface area (TPSA) is 79.3 Å². The summed E-state index contributed by atoms with van der Waals surface area (Å²) in [7, 11) is 0. The lowest BCUT2D eigenvalue weighted by Crippen LogP contribution is -2.42. The summed E-state index contributed by atoms with van der Waals surface area (Å²) in [5, 5.41) is 15.2. The quantitative estimate of drug-likeness (QED) is 0.560. The van der Waals surface area contributed by atoms with E-state index in [1.54, 1.807) is 12.1 Å². The molecule has 1 aromatic heterocycles. The van der Waals surface area contributed by atoms with Gasteiger partial charge in [-0.05, 0) is 28.5 Å². The van der Waals surface area contributed by atoms with Crippen molar-refractivity contribution < 1.29 is 14.7 Å². The van der Waals surface area contributed by atoms with Crippen LogP contribution in [-0.4, -0.2) is 28.0 Å². The van der Waals surface area contributed by atoms with Gasteiger partial charge in [-0.3, -0.25) is 4.79 Å². The first-order valence-electron chi connectivity index (χ1n) is 8.97. The molecule has 28 heavy (non-hydrogen) atoms. The zero-order valence-electron chi connectivity index (χ0n) is 15.0. The molecule has 0 radical (unpaired) electrons. The number of carboxylic acid groups (broad SMARTS) is 1. The van der Waals surface area contributed by atoms with Crippen LogP contribution in [-0.2, 0) is 11.2 Å². The summed E-state index contributed by atoms with van der Waals surface area (Å²) >= 11 is 0. The van der Waals surface area contributed by atoms with Crippen molar-refractivity contribution in [3.8, 4) is 0 Å². The van der Waals surface area contributed by atoms with Gasteiger partial charge in [0, 0.05) is 11.8 Å². The van der Waals surface area contributed by atoms with E-state index in [4.69, 9.17) is 0 Å². The van der Waals surface area contributed by atoms with E-state index in [0.717, 1.165) is 21.7 Å². The average molecular weight is 370 g/mol. The minimum Gasteiger partial charge on any atom is -0.480 e. The van der Waals surface area contributed by atoms with Crippen molar-refractivity contribution in [2.75, 3.05) is 0 Å². The summed E-state index contributed by atoms with van der Waals surface area (Å²) in [6.45, 7) is 0. The van der Waals surface area contributed by atoms with E-state index in [0.29, 0.717) is 5.52 Å². The molecular formula is C23H18N2O3. The number of fused-ring (bicyclic) bond motifs is 2. The number of nitrogens with zero attached hydrogens (tertiary/aromatic N) is 1. The zero-order chi connectivity index (χ0) is 19.5. The van der Waals surface area contributed by atoms with Crippen molar-refractivity contribution in [3.05, 3.63) is 90.1 Å². The highest BCUT2D eigenvalue weighted by molar-refractivity contribution is 5.97. The molecule has 0 bridgehead atoms. The summed E-state index contributed by atoms with van der Waals surface area (Å²) < 4.78 is 0. The first kappa shape index (κ1) is 17.7. The van der Waals surface area contributed by atoms with Gasteiger partial charge in [0.2, 0.25) is 0 Å². The Morgan fingerprint density at radius 3 is 2.32 bits per heavy atom. The number of carboxylic acids is 1. The zero-order valence-corrected chi connectivity index (χ0v) is 15.0. The molecule has 1 atom stereocenters. The molecule has 0 fully saturated rings. The minimum atomic E-state index is -1.08. The summed E-state index contributed by atoms with van der Waals surface area (Å²) in [5.41, 5.74) is 1.73. The largest absolute Gasteiger partial charge is 0.480 e. The number of aromatic nitrogens is 1. The molecule has 0 saturated carbocycles. The van der Waals surface area contributed by atoms with Crippen LogP contribution in [0, 0.1) is 0 Å². The Hall–Kier alpha value is -3.73. The Balaban J connectivity index is 1.55. The van der Waals surface area contributed by atoms with Crippen LogP contribution in [0.3, 0.4) is 0 Å². The van der Waals surface area contributed by atoms with Crippen molar-refractivity contribution in [1.29, 1.82) is 0 Å². The van der Waals surface area contributed by atoms with Crippen molar-refractivity contribution in [1.82, 2.24) is 10.3 Å². The molecule has 0 spiro atoms. The van der Waals surface area contributed by atoms with E-state index in [-0.39, 0.29) is 12.1 Å². The monoisotopic (exact) mass is 370 g/mol. The smallest absolute Gasteiger partial charge is 0.326 e. The number of nitrogens with one attached hydrogen (secondary N) is 1. The van der Waals surface area contributed by atoms with Crippen LogP contribution >= 0.6 is 0 Å². The standard InChI is InChI=1S/C23H18N2O3/c26-22(20-12-11-17-6-3-4-8-19(17)24-20)25-21(23(27)28)14-15-9-10-16-5-1-2-7-18(16)13-15/h1-13,21H,14H2,(H,25,26)(H,27,28)/t21-/m1/s1. The van der Waals surface area contributed by atoms with Crippen molar-refractivity contribution in [3.63, 3.8) is 0 Å². The van der Waals surface area contributed by atoms with E-state index in [9.17, 15) is 14.7 Å². The average Bonchev–Trinajstić information content (AvgIpc) is 2.72. The highest BCUT2D eigenvalue weighted by Crippen LogP contribution is 2.17. The van der Waals surface area contributed by atoms with Crippen LogP contribution in [0.25, 0.3) is 21.7 Å². The number of hydrogen-bond donors (Lipinski definition) is 2. The van der Waals surface area contributed by atoms with E-state index in [2.05, 4.69) is 10.3 Å². The molecule has 4 rings (SSSR count). The van der Waals surface area contributed by atoms with E-state index < -0.39 is 17.9 Å². The molecule has 0 unspecified atom stereocenters. The molecule has 4 aromatic rings. The van der Waals surface area contributed by atoms with Crippen LogP contribution in [0.4, 0.5) is 0 Å². The maximum atomic E-state index is 12.6. The number of carbonyl (C=O) groups is 2. The molecule has 138 valence electrons. The lowest BCUT2D eigenvalue weighted by Gasteiger charge is -2.15. The third kappa shape index (κ3) is 3.69. The van der Waals surface area contributed by atoms with Crippen LogP contribution < -0.4 is 5.32 Å². The lowest BCUT2D eigenvalue weighted by atomic mass is 10.0. The third-order valence-corrected chi connectivity index (χ3v) is 4.69. The lowest BCUT2D eigenvalue weighted by molar-refractivity contribution is -0.139. The summed E-state index contributed by atoms with van der Waals surface area (Å²) in [6, 6.07) is 23.5. The van der Waals surface area contributed by atoms with Gasteiger partial charge in [-0.25, -0.2) is 9.78 Å². The fraction of sp³-hybridized carbons (Fsp3) is 0.0870. The second-order valence-electron chi connectivity index (χ2n) is 6.64. The SMILES string of the molecule is O=C(N[C@H](Cc1ccc2ccccc2c1)C(=O)O)c1ccc2ccccc2n1. The van der Waals surface area contributed by atoms with Gasteiger partial charge in [-0.2, -0.15) is 0 Å². The Morgan fingerprint density at radius 1 is 0.857 bits per heavy atom. The number of hydrogen-bond acceptors (Lipinski definition) is 3. The first-order chi connectivity index (χ1) is 13.6. The number of rotatable bonds is 5. The molecule has 0 saturated heterocycles. The van der Waals surface area contributed by atoms with Crippen molar-refractivity contribution >= 4 is 33.6 Å². The highest BCUT2D eigenvalue weighted by atomic mass is 16.4. The molecule has 0 aliphatic carbocycles. The van der Waals surface area contributed by atoms with Gasteiger partial charge >= 0.3 is 5.97 Å². The van der Waals surface area contributed by atoms with E-state index in [1.165, 1.54) is 0 Å². The second-order valence-corrected chi connectivity index (χ2v) is 6.64. The molecule has 1 heterocycles. The molecular weight excluding hydrogens is 352 g/mol. The molecule has 5 heteroatoms. The minimum absolute atomic E-state index is 0.194. The summed E-state index contributed by atoms with van der Waals surface area (Å²) in [5.74, 6) is -1.58. The normalized spacial score (nSPS) is 12.0. The first-order valence-corrected chi connectivity index (χ1v) is 8.97. The van der Waals surface area contributed by atoms with Crippen LogP contribution in [0.2, 0.25) is 0 Å². The van der Waals surface area contributed by atoms with Gasteiger partial charge in [-0.15, -0.1) is 0 Å². The van der Waals surface area contributed by atoms with Gasteiger partial charge in [0.15, 0.2) is 0 Å². The number of benzene rings is 3. The molecule has 0 aliphatic rings. The Morgan fingerprint density at radius 2 is 1.54 bits per heavy atom. The third-order valence-electron chi connectivity index (χ3n) is 4.69. The predicted octanol–water partition coefficient (Wildman–Crippen LogP) is 3.81. The van der Waals surface area contributed by atoms with Gasteiger partial charge in [0.1, 0.15) is 11.7 Å². The Bertz CT molecular complexity index is 1190. The second kappa shape index (κ2) is 7.48. The number of carbonyl (C=O) groups excluding carboxylic acids is 1. The van der Waals surface area contributed by atoms with Gasteiger partial charge in [0.25, 0.3) is 5.91 Å². The van der Waals surface area contributed by atoms with Crippen molar-refractivity contribution in [2.45, 2.75) is 12.5 Å². The van der Waals surface area contributed by atoms with Crippen LogP contribution in [0.5, 0.6) is 0 Å². The summed E-state index contributed by atoms with van der Waals surface area (Å²) in [6.07, 6.45) is 0.194. The number of aliphatic carboxylic acids is 1. The molecule has 2 N–H and O–H groups in total. The molecule has 5 nitrogen and oxygen atoms in total. The highest BCUT2D eigenvalue weighted by Gasteiger charge is 2.22. The fourth-order valence-corrected chi connectivity index (χ4v) is 3.23. The van der Waals surface area contributed by atoms with Crippen LogP contribution in [0.15, 0.2) is 78.9 Å². The predicted molar refractivity (Wildman–Crippen MR) is 108 cm³/mol. The van der Waals surface area contributed by atoms with E-state index in [1.807, 2.05) is 66.7 Å². The van der Waals surface area contributed by atoms with Gasteiger partial charge in [-0.1, -0.05) is 66.7 Å². The fourth-order valence-electron chi connectivity index (χ4n) is 3.23. The van der Waals surface area contributed by atoms with Crippen molar-refractivity contribution in [2.24, 2.45) is 0 Å². The molecule has 3 aromatic carbocycles. The summed E-state index contributed by atoms with van der Waals surface area (Å²) in [4.78, 5) is 28.6. The molecule has 0 aliphatic heterocycles. The van der Waals surface area contributed by atoms with Gasteiger partial charge < -0.3 is 10.4 Å². The number of pyridine rings is 1.